The van der Waals surface area contributed by atoms with E-state index in [1.807, 2.05) is 12.1 Å². The Morgan fingerprint density at radius 1 is 1.17 bits per heavy atom. The smallest absolute Gasteiger partial charge is 0.284 e. The number of hydrogen-bond donors (Lipinski definition) is 0. The fourth-order valence-electron chi connectivity index (χ4n) is 2.48. The summed E-state index contributed by atoms with van der Waals surface area (Å²) in [7, 11) is -2.39. The average molecular weight is 493 g/mol. The SMILES string of the molecule is C=CCN1C(=O)C(=Cc2ccc(OC)cc2)SC1=NS(=O)(=O)c1ccc(Br)cc1. The zero-order chi connectivity index (χ0) is 21.0. The molecule has 1 amide bonds. The van der Waals surface area contributed by atoms with Gasteiger partial charge in [0.2, 0.25) is 0 Å². The molecule has 9 heteroatoms. The molecule has 0 aromatic heterocycles. The number of methoxy groups -OCH3 is 1. The Morgan fingerprint density at radius 2 is 1.83 bits per heavy atom. The van der Waals surface area contributed by atoms with Gasteiger partial charge in [-0.15, -0.1) is 11.0 Å². The second-order valence-electron chi connectivity index (χ2n) is 5.89. The highest BCUT2D eigenvalue weighted by atomic mass is 79.9. The second kappa shape index (κ2) is 8.98. The Balaban J connectivity index is 1.96. The summed E-state index contributed by atoms with van der Waals surface area (Å²) < 4.78 is 35.2. The first-order chi connectivity index (χ1) is 13.8. The number of sulfonamides is 1. The molecule has 0 bridgehead atoms. The molecule has 0 atom stereocenters. The summed E-state index contributed by atoms with van der Waals surface area (Å²) in [5.41, 5.74) is 0.789. The molecule has 2 aromatic rings. The summed E-state index contributed by atoms with van der Waals surface area (Å²) in [6, 6.07) is 13.3. The van der Waals surface area contributed by atoms with E-state index in [9.17, 15) is 13.2 Å². The van der Waals surface area contributed by atoms with Crippen molar-refractivity contribution in [2.24, 2.45) is 4.40 Å². The van der Waals surface area contributed by atoms with Gasteiger partial charge < -0.3 is 4.74 Å². The van der Waals surface area contributed by atoms with Crippen LogP contribution in [0.25, 0.3) is 6.08 Å². The van der Waals surface area contributed by atoms with Crippen LogP contribution in [0.15, 0.2) is 79.9 Å². The highest BCUT2D eigenvalue weighted by Gasteiger charge is 2.34. The van der Waals surface area contributed by atoms with Crippen molar-refractivity contribution in [1.82, 2.24) is 4.90 Å². The molecule has 3 rings (SSSR count). The van der Waals surface area contributed by atoms with Crippen LogP contribution in [-0.4, -0.2) is 38.0 Å². The van der Waals surface area contributed by atoms with Crippen LogP contribution < -0.4 is 4.74 Å². The van der Waals surface area contributed by atoms with E-state index < -0.39 is 10.0 Å². The molecule has 1 aliphatic heterocycles. The molecule has 6 nitrogen and oxygen atoms in total. The number of amidine groups is 1. The van der Waals surface area contributed by atoms with Crippen LogP contribution >= 0.6 is 27.7 Å². The van der Waals surface area contributed by atoms with E-state index in [0.717, 1.165) is 21.8 Å². The van der Waals surface area contributed by atoms with Crippen LogP contribution in [0, 0.1) is 0 Å². The molecule has 0 N–H and O–H groups in total. The maximum Gasteiger partial charge on any atom is 0.284 e. The molecule has 0 saturated carbocycles. The lowest BCUT2D eigenvalue weighted by Gasteiger charge is -2.12. The molecule has 0 spiro atoms. The van der Waals surface area contributed by atoms with Crippen LogP contribution in [0.5, 0.6) is 5.75 Å². The Kier molecular flexibility index (Phi) is 6.61. The van der Waals surface area contributed by atoms with Gasteiger partial charge >= 0.3 is 0 Å². The molecular weight excluding hydrogens is 476 g/mol. The lowest BCUT2D eigenvalue weighted by Crippen LogP contribution is -2.29. The standard InChI is InChI=1S/C20H17BrN2O4S2/c1-3-12-23-19(24)18(13-14-4-8-16(27-2)9-5-14)28-20(23)22-29(25,26)17-10-6-15(21)7-11-17/h3-11,13H,1,12H2,2H3. The molecule has 1 aliphatic rings. The lowest BCUT2D eigenvalue weighted by molar-refractivity contribution is -0.121. The number of ether oxygens (including phenoxy) is 1. The van der Waals surface area contributed by atoms with Crippen molar-refractivity contribution in [3.63, 3.8) is 0 Å². The Hall–Kier alpha value is -2.36. The predicted octanol–water partition coefficient (Wildman–Crippen LogP) is 4.30. The van der Waals surface area contributed by atoms with E-state index in [0.29, 0.717) is 10.7 Å². The summed E-state index contributed by atoms with van der Waals surface area (Å²) in [6.45, 7) is 3.79. The molecule has 150 valence electrons. The zero-order valence-corrected chi connectivity index (χ0v) is 18.6. The minimum atomic E-state index is -3.97. The van der Waals surface area contributed by atoms with Crippen molar-refractivity contribution >= 4 is 54.9 Å². The van der Waals surface area contributed by atoms with Crippen molar-refractivity contribution in [2.45, 2.75) is 4.90 Å². The third-order valence-electron chi connectivity index (χ3n) is 3.92. The van der Waals surface area contributed by atoms with Gasteiger partial charge in [0.05, 0.1) is 16.9 Å². The van der Waals surface area contributed by atoms with Gasteiger partial charge in [-0.1, -0.05) is 34.1 Å². The lowest BCUT2D eigenvalue weighted by atomic mass is 10.2. The van der Waals surface area contributed by atoms with Gasteiger partial charge in [0.25, 0.3) is 15.9 Å². The van der Waals surface area contributed by atoms with E-state index in [-0.39, 0.29) is 22.5 Å². The largest absolute Gasteiger partial charge is 0.497 e. The van der Waals surface area contributed by atoms with Crippen LogP contribution in [0.4, 0.5) is 0 Å². The summed E-state index contributed by atoms with van der Waals surface area (Å²) in [4.78, 5) is 14.5. The van der Waals surface area contributed by atoms with Gasteiger partial charge in [0, 0.05) is 11.0 Å². The first kappa shape index (κ1) is 21.4. The third-order valence-corrected chi connectivity index (χ3v) is 6.86. The number of halogens is 1. The maximum atomic E-state index is 12.8. The zero-order valence-electron chi connectivity index (χ0n) is 15.4. The summed E-state index contributed by atoms with van der Waals surface area (Å²) in [5.74, 6) is 0.379. The summed E-state index contributed by atoms with van der Waals surface area (Å²) in [5, 5.41) is 0.0950. The van der Waals surface area contributed by atoms with Crippen molar-refractivity contribution in [1.29, 1.82) is 0 Å². The first-order valence-electron chi connectivity index (χ1n) is 8.41. The van der Waals surface area contributed by atoms with Crippen molar-refractivity contribution < 1.29 is 17.9 Å². The molecule has 1 heterocycles. The number of amides is 1. The topological polar surface area (TPSA) is 76.0 Å². The highest BCUT2D eigenvalue weighted by molar-refractivity contribution is 9.10. The number of hydrogen-bond acceptors (Lipinski definition) is 5. The number of benzene rings is 2. The summed E-state index contributed by atoms with van der Waals surface area (Å²) >= 11 is 4.29. The number of rotatable bonds is 6. The van der Waals surface area contributed by atoms with E-state index in [1.54, 1.807) is 37.5 Å². The van der Waals surface area contributed by atoms with Gasteiger partial charge in [0.1, 0.15) is 5.75 Å². The van der Waals surface area contributed by atoms with Crippen molar-refractivity contribution in [2.75, 3.05) is 13.7 Å². The number of carbonyl (C=O) groups is 1. The third kappa shape index (κ3) is 4.98. The molecule has 1 saturated heterocycles. The molecule has 1 fully saturated rings. The van der Waals surface area contributed by atoms with Gasteiger partial charge in [-0.05, 0) is 59.8 Å². The van der Waals surface area contributed by atoms with Crippen LogP contribution in [-0.2, 0) is 14.8 Å². The highest BCUT2D eigenvalue weighted by Crippen LogP contribution is 2.34. The molecule has 29 heavy (non-hydrogen) atoms. The second-order valence-corrected chi connectivity index (χ2v) is 9.42. The number of nitrogens with zero attached hydrogens (tertiary/aromatic N) is 2. The number of carbonyl (C=O) groups excluding carboxylic acids is 1. The minimum Gasteiger partial charge on any atom is -0.497 e. The summed E-state index contributed by atoms with van der Waals surface area (Å²) in [6.07, 6.45) is 3.22. The van der Waals surface area contributed by atoms with Crippen molar-refractivity contribution in [3.05, 3.63) is 76.1 Å². The Morgan fingerprint density at radius 3 is 2.41 bits per heavy atom. The monoisotopic (exact) mass is 492 g/mol. The van der Waals surface area contributed by atoms with E-state index in [1.165, 1.54) is 23.1 Å². The maximum absolute atomic E-state index is 12.8. The Labute approximate surface area is 182 Å². The van der Waals surface area contributed by atoms with E-state index in [2.05, 4.69) is 26.9 Å². The molecule has 0 radical (unpaired) electrons. The molecular formula is C20H17BrN2O4S2. The number of thioether (sulfide) groups is 1. The van der Waals surface area contributed by atoms with Gasteiger partial charge in [-0.3, -0.25) is 9.69 Å². The molecule has 0 aliphatic carbocycles. The van der Waals surface area contributed by atoms with Crippen molar-refractivity contribution in [3.8, 4) is 5.75 Å². The quantitative estimate of drug-likeness (QED) is 0.443. The molecule has 2 aromatic carbocycles. The van der Waals surface area contributed by atoms with E-state index >= 15 is 0 Å². The van der Waals surface area contributed by atoms with Gasteiger partial charge in [0.15, 0.2) is 5.17 Å². The average Bonchev–Trinajstić information content (AvgIpc) is 2.97. The van der Waals surface area contributed by atoms with Gasteiger partial charge in [-0.2, -0.15) is 8.42 Å². The van der Waals surface area contributed by atoms with Crippen LogP contribution in [0.3, 0.4) is 0 Å². The van der Waals surface area contributed by atoms with Gasteiger partial charge in [-0.25, -0.2) is 0 Å². The fraction of sp³-hybridized carbons (Fsp3) is 0.100. The van der Waals surface area contributed by atoms with Crippen LogP contribution in [0.1, 0.15) is 5.56 Å². The predicted molar refractivity (Wildman–Crippen MR) is 119 cm³/mol. The first-order valence-corrected chi connectivity index (χ1v) is 11.5. The molecule has 0 unspecified atom stereocenters. The van der Waals surface area contributed by atoms with Crippen LogP contribution in [0.2, 0.25) is 0 Å². The fourth-order valence-corrected chi connectivity index (χ4v) is 4.93. The van der Waals surface area contributed by atoms with E-state index in [4.69, 9.17) is 4.74 Å². The minimum absolute atomic E-state index is 0.0485. The Bertz CT molecular complexity index is 1090. The normalized spacial score (nSPS) is 17.2.